The van der Waals surface area contributed by atoms with Gasteiger partial charge >= 0.3 is 0 Å². The first-order valence-corrected chi connectivity index (χ1v) is 5.14. The van der Waals surface area contributed by atoms with Crippen LogP contribution < -0.4 is 20.1 Å². The third-order valence-corrected chi connectivity index (χ3v) is 2.24. The van der Waals surface area contributed by atoms with Gasteiger partial charge in [0.05, 0.1) is 0 Å². The number of hydrogen-bond acceptors (Lipinski definition) is 4. The second-order valence-corrected chi connectivity index (χ2v) is 3.44. The second-order valence-electron chi connectivity index (χ2n) is 3.44. The van der Waals surface area contributed by atoms with Crippen molar-refractivity contribution in [3.8, 4) is 11.5 Å². The number of rotatable bonds is 4. The van der Waals surface area contributed by atoms with Gasteiger partial charge in [0.1, 0.15) is 13.2 Å². The van der Waals surface area contributed by atoms with E-state index in [0.29, 0.717) is 13.2 Å². The molecule has 1 aliphatic rings. The van der Waals surface area contributed by atoms with Crippen LogP contribution in [0.3, 0.4) is 0 Å². The molecule has 1 aromatic rings. The third-order valence-electron chi connectivity index (χ3n) is 2.24. The topological polar surface area (TPSA) is 42.5 Å². The van der Waals surface area contributed by atoms with Gasteiger partial charge < -0.3 is 20.1 Å². The molecule has 15 heavy (non-hydrogen) atoms. The molecule has 1 aromatic carbocycles. The summed E-state index contributed by atoms with van der Waals surface area (Å²) in [7, 11) is 1.91. The zero-order valence-electron chi connectivity index (χ0n) is 8.88. The van der Waals surface area contributed by atoms with Crippen LogP contribution in [0.4, 0.5) is 0 Å². The summed E-state index contributed by atoms with van der Waals surface area (Å²) >= 11 is 0. The molecule has 0 amide bonds. The Hall–Kier alpha value is -1.26. The maximum atomic E-state index is 5.50. The molecule has 1 heterocycles. The molecule has 2 rings (SSSR count). The summed E-state index contributed by atoms with van der Waals surface area (Å²) in [6, 6.07) is 6.04. The van der Waals surface area contributed by atoms with Gasteiger partial charge in [-0.05, 0) is 24.7 Å². The standard InChI is InChI=1S/C11H16N2O2/c1-12-8-13-7-9-2-3-10-11(6-9)15-5-4-14-10/h2-3,6,12-13H,4-5,7-8H2,1H3. The van der Waals surface area contributed by atoms with Crippen molar-refractivity contribution in [3.05, 3.63) is 23.8 Å². The lowest BCUT2D eigenvalue weighted by atomic mass is 10.2. The van der Waals surface area contributed by atoms with E-state index in [0.717, 1.165) is 24.7 Å². The zero-order chi connectivity index (χ0) is 10.5. The highest BCUT2D eigenvalue weighted by atomic mass is 16.6. The van der Waals surface area contributed by atoms with Gasteiger partial charge in [0.2, 0.25) is 0 Å². The van der Waals surface area contributed by atoms with Crippen LogP contribution >= 0.6 is 0 Å². The van der Waals surface area contributed by atoms with Crippen molar-refractivity contribution in [2.24, 2.45) is 0 Å². The predicted molar refractivity (Wildman–Crippen MR) is 58.2 cm³/mol. The minimum atomic E-state index is 0.639. The van der Waals surface area contributed by atoms with Gasteiger partial charge in [-0.15, -0.1) is 0 Å². The van der Waals surface area contributed by atoms with Gasteiger partial charge in [0.15, 0.2) is 11.5 Å². The molecule has 0 unspecified atom stereocenters. The number of hydrogen-bond donors (Lipinski definition) is 2. The van der Waals surface area contributed by atoms with Gasteiger partial charge in [-0.3, -0.25) is 0 Å². The average Bonchev–Trinajstić information content (AvgIpc) is 2.29. The molecule has 0 aliphatic carbocycles. The lowest BCUT2D eigenvalue weighted by Gasteiger charge is -2.18. The average molecular weight is 208 g/mol. The van der Waals surface area contributed by atoms with Crippen molar-refractivity contribution in [2.75, 3.05) is 26.9 Å². The van der Waals surface area contributed by atoms with E-state index in [1.165, 1.54) is 5.56 Å². The summed E-state index contributed by atoms with van der Waals surface area (Å²) in [6.45, 7) is 2.91. The molecule has 0 saturated heterocycles. The highest BCUT2D eigenvalue weighted by molar-refractivity contribution is 5.43. The van der Waals surface area contributed by atoms with E-state index in [-0.39, 0.29) is 0 Å². The monoisotopic (exact) mass is 208 g/mol. The van der Waals surface area contributed by atoms with Gasteiger partial charge in [-0.25, -0.2) is 0 Å². The minimum absolute atomic E-state index is 0.639. The minimum Gasteiger partial charge on any atom is -0.486 e. The normalized spacial score (nSPS) is 13.9. The van der Waals surface area contributed by atoms with E-state index >= 15 is 0 Å². The first kappa shape index (κ1) is 10.3. The summed E-state index contributed by atoms with van der Waals surface area (Å²) in [6.07, 6.45) is 0. The largest absolute Gasteiger partial charge is 0.486 e. The van der Waals surface area contributed by atoms with E-state index in [2.05, 4.69) is 16.7 Å². The summed E-state index contributed by atoms with van der Waals surface area (Å²) in [5.41, 5.74) is 1.20. The fraction of sp³-hybridized carbons (Fsp3) is 0.455. The molecule has 0 fully saturated rings. The SMILES string of the molecule is CNCNCc1ccc2c(c1)OCCO2. The van der Waals surface area contributed by atoms with E-state index in [1.54, 1.807) is 0 Å². The maximum absolute atomic E-state index is 5.50. The summed E-state index contributed by atoms with van der Waals surface area (Å²) in [4.78, 5) is 0. The highest BCUT2D eigenvalue weighted by Crippen LogP contribution is 2.30. The number of benzene rings is 1. The molecule has 0 atom stereocenters. The Morgan fingerprint density at radius 2 is 2.00 bits per heavy atom. The van der Waals surface area contributed by atoms with Crippen molar-refractivity contribution in [1.29, 1.82) is 0 Å². The van der Waals surface area contributed by atoms with Crippen LogP contribution in [-0.2, 0) is 6.54 Å². The van der Waals surface area contributed by atoms with E-state index in [4.69, 9.17) is 9.47 Å². The fourth-order valence-electron chi connectivity index (χ4n) is 1.53. The smallest absolute Gasteiger partial charge is 0.161 e. The zero-order valence-corrected chi connectivity index (χ0v) is 8.88. The Labute approximate surface area is 89.6 Å². The van der Waals surface area contributed by atoms with Crippen LogP contribution in [0.5, 0.6) is 11.5 Å². The Morgan fingerprint density at radius 1 is 1.20 bits per heavy atom. The Morgan fingerprint density at radius 3 is 2.80 bits per heavy atom. The molecular weight excluding hydrogens is 192 g/mol. The number of ether oxygens (including phenoxy) is 2. The lowest BCUT2D eigenvalue weighted by Crippen LogP contribution is -2.25. The molecule has 0 radical (unpaired) electrons. The Bertz CT molecular complexity index is 328. The molecular formula is C11H16N2O2. The second kappa shape index (κ2) is 5.00. The summed E-state index contributed by atoms with van der Waals surface area (Å²) < 4.78 is 10.9. The molecule has 1 aliphatic heterocycles. The van der Waals surface area contributed by atoms with Gasteiger partial charge in [0.25, 0.3) is 0 Å². The molecule has 2 N–H and O–H groups in total. The van der Waals surface area contributed by atoms with Crippen molar-refractivity contribution >= 4 is 0 Å². The predicted octanol–water partition coefficient (Wildman–Crippen LogP) is 0.724. The van der Waals surface area contributed by atoms with Gasteiger partial charge in [-0.2, -0.15) is 0 Å². The maximum Gasteiger partial charge on any atom is 0.161 e. The first-order valence-electron chi connectivity index (χ1n) is 5.14. The lowest BCUT2D eigenvalue weighted by molar-refractivity contribution is 0.171. The van der Waals surface area contributed by atoms with E-state index in [9.17, 15) is 0 Å². The van der Waals surface area contributed by atoms with Crippen LogP contribution in [-0.4, -0.2) is 26.9 Å². The molecule has 0 bridgehead atoms. The van der Waals surface area contributed by atoms with Crippen LogP contribution in [0, 0.1) is 0 Å². The van der Waals surface area contributed by atoms with Crippen molar-refractivity contribution in [1.82, 2.24) is 10.6 Å². The van der Waals surface area contributed by atoms with Gasteiger partial charge in [0, 0.05) is 13.2 Å². The van der Waals surface area contributed by atoms with Crippen molar-refractivity contribution in [2.45, 2.75) is 6.54 Å². The summed E-state index contributed by atoms with van der Waals surface area (Å²) in [5, 5.41) is 6.28. The van der Waals surface area contributed by atoms with Crippen LogP contribution in [0.15, 0.2) is 18.2 Å². The summed E-state index contributed by atoms with van der Waals surface area (Å²) in [5.74, 6) is 1.70. The molecule has 4 nitrogen and oxygen atoms in total. The number of fused-ring (bicyclic) bond motifs is 1. The molecule has 82 valence electrons. The van der Waals surface area contributed by atoms with Crippen LogP contribution in [0.25, 0.3) is 0 Å². The molecule has 0 spiro atoms. The van der Waals surface area contributed by atoms with E-state index in [1.807, 2.05) is 19.2 Å². The Balaban J connectivity index is 2.00. The van der Waals surface area contributed by atoms with Crippen LogP contribution in [0.2, 0.25) is 0 Å². The highest BCUT2D eigenvalue weighted by Gasteiger charge is 2.10. The molecule has 4 heteroatoms. The van der Waals surface area contributed by atoms with E-state index < -0.39 is 0 Å². The first-order chi connectivity index (χ1) is 7.40. The van der Waals surface area contributed by atoms with Crippen molar-refractivity contribution < 1.29 is 9.47 Å². The quantitative estimate of drug-likeness (QED) is 0.565. The van der Waals surface area contributed by atoms with Gasteiger partial charge in [-0.1, -0.05) is 6.07 Å². The fourth-order valence-corrected chi connectivity index (χ4v) is 1.53. The molecule has 0 aromatic heterocycles. The van der Waals surface area contributed by atoms with Crippen LogP contribution in [0.1, 0.15) is 5.56 Å². The number of nitrogens with one attached hydrogen (secondary N) is 2. The van der Waals surface area contributed by atoms with Crippen molar-refractivity contribution in [3.63, 3.8) is 0 Å². The third kappa shape index (κ3) is 2.61. The Kier molecular flexibility index (Phi) is 3.42. The molecule has 0 saturated carbocycles.